The van der Waals surface area contributed by atoms with Crippen molar-refractivity contribution in [3.05, 3.63) is 34.9 Å². The SMILES string of the molecule is CC(C)(C)c1ccc2c(c1)[C@@H](O)[C@@H](CN1CCCCC1)CC2. The number of rotatable bonds is 2. The van der Waals surface area contributed by atoms with Gasteiger partial charge in [0.1, 0.15) is 0 Å². The molecule has 0 bridgehead atoms. The van der Waals surface area contributed by atoms with Crippen LogP contribution in [0.3, 0.4) is 0 Å². The molecular formula is C20H31NO. The van der Waals surface area contributed by atoms with Gasteiger partial charge in [-0.2, -0.15) is 0 Å². The van der Waals surface area contributed by atoms with Crippen LogP contribution in [0.25, 0.3) is 0 Å². The molecule has 3 rings (SSSR count). The van der Waals surface area contributed by atoms with E-state index >= 15 is 0 Å². The highest BCUT2D eigenvalue weighted by Crippen LogP contribution is 2.37. The molecule has 1 aliphatic heterocycles. The number of likely N-dealkylation sites (tertiary alicyclic amines) is 1. The Morgan fingerprint density at radius 3 is 2.55 bits per heavy atom. The summed E-state index contributed by atoms with van der Waals surface area (Å²) in [7, 11) is 0. The molecule has 22 heavy (non-hydrogen) atoms. The fourth-order valence-electron chi connectivity index (χ4n) is 3.98. The molecule has 1 saturated heterocycles. The highest BCUT2D eigenvalue weighted by Gasteiger charge is 2.30. The Balaban J connectivity index is 1.76. The number of fused-ring (bicyclic) bond motifs is 1. The molecule has 1 fully saturated rings. The van der Waals surface area contributed by atoms with Crippen LogP contribution in [0.4, 0.5) is 0 Å². The highest BCUT2D eigenvalue weighted by atomic mass is 16.3. The van der Waals surface area contributed by atoms with Crippen molar-refractivity contribution in [3.63, 3.8) is 0 Å². The van der Waals surface area contributed by atoms with Gasteiger partial charge >= 0.3 is 0 Å². The van der Waals surface area contributed by atoms with Gasteiger partial charge < -0.3 is 10.0 Å². The zero-order valence-electron chi connectivity index (χ0n) is 14.4. The maximum atomic E-state index is 10.9. The van der Waals surface area contributed by atoms with E-state index in [0.29, 0.717) is 5.92 Å². The van der Waals surface area contributed by atoms with Crippen molar-refractivity contribution < 1.29 is 5.11 Å². The van der Waals surface area contributed by atoms with E-state index in [9.17, 15) is 5.11 Å². The van der Waals surface area contributed by atoms with E-state index in [0.717, 1.165) is 19.4 Å². The van der Waals surface area contributed by atoms with Gasteiger partial charge in [-0.05, 0) is 60.9 Å². The first kappa shape index (κ1) is 16.0. The minimum Gasteiger partial charge on any atom is -0.388 e. The molecule has 122 valence electrons. The molecule has 1 heterocycles. The number of aliphatic hydroxyl groups is 1. The Morgan fingerprint density at radius 1 is 1.14 bits per heavy atom. The Labute approximate surface area is 135 Å². The lowest BCUT2D eigenvalue weighted by molar-refractivity contribution is 0.0605. The van der Waals surface area contributed by atoms with Gasteiger partial charge in [-0.1, -0.05) is 45.4 Å². The van der Waals surface area contributed by atoms with Crippen molar-refractivity contribution in [2.24, 2.45) is 5.92 Å². The molecule has 2 nitrogen and oxygen atoms in total. The van der Waals surface area contributed by atoms with E-state index < -0.39 is 0 Å². The van der Waals surface area contributed by atoms with Crippen LogP contribution >= 0.6 is 0 Å². The molecule has 0 unspecified atom stereocenters. The summed E-state index contributed by atoms with van der Waals surface area (Å²) in [6.45, 7) is 10.2. The van der Waals surface area contributed by atoms with Crippen LogP contribution in [-0.2, 0) is 11.8 Å². The number of aliphatic hydroxyl groups excluding tert-OH is 1. The predicted octanol–water partition coefficient (Wildman–Crippen LogP) is 4.07. The first-order valence-corrected chi connectivity index (χ1v) is 8.99. The van der Waals surface area contributed by atoms with Crippen molar-refractivity contribution in [2.45, 2.75) is 64.4 Å². The quantitative estimate of drug-likeness (QED) is 0.890. The second kappa shape index (κ2) is 6.33. The van der Waals surface area contributed by atoms with E-state index in [1.165, 1.54) is 49.0 Å². The maximum Gasteiger partial charge on any atom is 0.0833 e. The number of nitrogens with zero attached hydrogens (tertiary/aromatic N) is 1. The first-order valence-electron chi connectivity index (χ1n) is 8.99. The van der Waals surface area contributed by atoms with Gasteiger partial charge in [0.25, 0.3) is 0 Å². The van der Waals surface area contributed by atoms with E-state index in [-0.39, 0.29) is 11.5 Å². The van der Waals surface area contributed by atoms with Gasteiger partial charge in [0.05, 0.1) is 6.10 Å². The highest BCUT2D eigenvalue weighted by molar-refractivity contribution is 5.38. The summed E-state index contributed by atoms with van der Waals surface area (Å²) in [6.07, 6.45) is 5.99. The van der Waals surface area contributed by atoms with Crippen molar-refractivity contribution in [3.8, 4) is 0 Å². The maximum absolute atomic E-state index is 10.9. The van der Waals surface area contributed by atoms with Crippen LogP contribution < -0.4 is 0 Å². The second-order valence-electron chi connectivity index (χ2n) is 8.27. The monoisotopic (exact) mass is 301 g/mol. The average Bonchev–Trinajstić information content (AvgIpc) is 2.50. The van der Waals surface area contributed by atoms with Crippen LogP contribution in [-0.4, -0.2) is 29.6 Å². The molecule has 0 amide bonds. The van der Waals surface area contributed by atoms with Gasteiger partial charge in [0, 0.05) is 12.5 Å². The lowest BCUT2D eigenvalue weighted by Crippen LogP contribution is -2.37. The number of hydrogen-bond acceptors (Lipinski definition) is 2. The summed E-state index contributed by atoms with van der Waals surface area (Å²) < 4.78 is 0. The molecule has 0 spiro atoms. The van der Waals surface area contributed by atoms with Crippen LogP contribution in [0, 0.1) is 5.92 Å². The fourth-order valence-corrected chi connectivity index (χ4v) is 3.98. The van der Waals surface area contributed by atoms with Crippen LogP contribution in [0.2, 0.25) is 0 Å². The fraction of sp³-hybridized carbons (Fsp3) is 0.700. The predicted molar refractivity (Wildman–Crippen MR) is 92.2 cm³/mol. The van der Waals surface area contributed by atoms with Crippen LogP contribution in [0.5, 0.6) is 0 Å². The zero-order chi connectivity index (χ0) is 15.7. The molecule has 2 heteroatoms. The molecule has 1 aromatic rings. The Hall–Kier alpha value is -0.860. The molecule has 2 aliphatic rings. The van der Waals surface area contributed by atoms with Crippen LogP contribution in [0.1, 0.15) is 69.2 Å². The van der Waals surface area contributed by atoms with E-state index in [1.807, 2.05) is 0 Å². The van der Waals surface area contributed by atoms with Crippen molar-refractivity contribution in [1.29, 1.82) is 0 Å². The average molecular weight is 301 g/mol. The van der Waals surface area contributed by atoms with Crippen molar-refractivity contribution in [1.82, 2.24) is 4.90 Å². The van der Waals surface area contributed by atoms with Gasteiger partial charge in [-0.25, -0.2) is 0 Å². The molecule has 0 aromatic heterocycles. The smallest absolute Gasteiger partial charge is 0.0833 e. The topological polar surface area (TPSA) is 23.5 Å². The third-order valence-corrected chi connectivity index (χ3v) is 5.50. The summed E-state index contributed by atoms with van der Waals surface area (Å²) in [5.74, 6) is 0.404. The van der Waals surface area contributed by atoms with E-state index in [1.54, 1.807) is 0 Å². The number of benzene rings is 1. The van der Waals surface area contributed by atoms with Crippen molar-refractivity contribution >= 4 is 0 Å². The second-order valence-corrected chi connectivity index (χ2v) is 8.27. The number of hydrogen-bond donors (Lipinski definition) is 1. The molecule has 1 aromatic carbocycles. The lowest BCUT2D eigenvalue weighted by atomic mass is 9.77. The summed E-state index contributed by atoms with van der Waals surface area (Å²) in [6, 6.07) is 6.76. The largest absolute Gasteiger partial charge is 0.388 e. The van der Waals surface area contributed by atoms with Gasteiger partial charge in [-0.3, -0.25) is 0 Å². The van der Waals surface area contributed by atoms with Crippen molar-refractivity contribution in [2.75, 3.05) is 19.6 Å². The molecule has 1 aliphatic carbocycles. The normalized spacial score (nSPS) is 26.7. The minimum absolute atomic E-state index is 0.147. The summed E-state index contributed by atoms with van der Waals surface area (Å²) in [5.41, 5.74) is 4.04. The van der Waals surface area contributed by atoms with Gasteiger partial charge in [-0.15, -0.1) is 0 Å². The third-order valence-electron chi connectivity index (χ3n) is 5.50. The first-order chi connectivity index (χ1) is 10.4. The third kappa shape index (κ3) is 3.38. The number of piperidine rings is 1. The lowest BCUT2D eigenvalue weighted by Gasteiger charge is -2.36. The summed E-state index contributed by atoms with van der Waals surface area (Å²) in [5, 5.41) is 10.9. The molecule has 0 saturated carbocycles. The van der Waals surface area contributed by atoms with E-state index in [4.69, 9.17) is 0 Å². The summed E-state index contributed by atoms with van der Waals surface area (Å²) in [4.78, 5) is 2.57. The minimum atomic E-state index is -0.284. The molecule has 2 atom stereocenters. The number of aryl methyl sites for hydroxylation is 1. The van der Waals surface area contributed by atoms with Gasteiger partial charge in [0.2, 0.25) is 0 Å². The Kier molecular flexibility index (Phi) is 4.61. The molecular weight excluding hydrogens is 270 g/mol. The molecule has 1 N–H and O–H groups in total. The van der Waals surface area contributed by atoms with E-state index in [2.05, 4.69) is 43.9 Å². The molecule has 0 radical (unpaired) electrons. The standard InChI is InChI=1S/C20H31NO/c1-20(2,3)17-10-9-15-7-8-16(19(22)18(15)13-17)14-21-11-5-4-6-12-21/h9-10,13,16,19,22H,4-8,11-12,14H2,1-3H3/t16-,19+/m1/s1. The van der Waals surface area contributed by atoms with Gasteiger partial charge in [0.15, 0.2) is 0 Å². The van der Waals surface area contributed by atoms with Crippen LogP contribution in [0.15, 0.2) is 18.2 Å². The Morgan fingerprint density at radius 2 is 1.86 bits per heavy atom. The Bertz CT molecular complexity index is 511. The zero-order valence-corrected chi connectivity index (χ0v) is 14.4. The summed E-state index contributed by atoms with van der Waals surface area (Å²) >= 11 is 0.